The lowest BCUT2D eigenvalue weighted by molar-refractivity contribution is -0.127. The summed E-state index contributed by atoms with van der Waals surface area (Å²) in [6, 6.07) is 8.89. The van der Waals surface area contributed by atoms with E-state index in [4.69, 9.17) is 0 Å². The molecule has 2 bridgehead atoms. The topological polar surface area (TPSA) is 58.2 Å². The van der Waals surface area contributed by atoms with Gasteiger partial charge in [-0.25, -0.2) is 0 Å². The quantitative estimate of drug-likeness (QED) is 0.796. The van der Waals surface area contributed by atoms with Crippen LogP contribution < -0.4 is 10.9 Å². The minimum Gasteiger partial charge on any atom is -0.273 e. The highest BCUT2D eigenvalue weighted by Crippen LogP contribution is 2.48. The number of hydrogen-bond donors (Lipinski definition) is 2. The fourth-order valence-corrected chi connectivity index (χ4v) is 3.44. The zero-order chi connectivity index (χ0) is 13.2. The van der Waals surface area contributed by atoms with E-state index in [-0.39, 0.29) is 17.7 Å². The first kappa shape index (κ1) is 12.2. The van der Waals surface area contributed by atoms with Gasteiger partial charge in [0.2, 0.25) is 5.91 Å². The number of amides is 2. The molecule has 2 amide bonds. The lowest BCUT2D eigenvalue weighted by Gasteiger charge is -2.20. The Morgan fingerprint density at radius 2 is 1.79 bits per heavy atom. The summed E-state index contributed by atoms with van der Waals surface area (Å²) in [4.78, 5) is 23.8. The maximum atomic E-state index is 12.0. The molecule has 0 radical (unpaired) electrons. The van der Waals surface area contributed by atoms with Gasteiger partial charge in [0.05, 0.1) is 0 Å². The van der Waals surface area contributed by atoms with Gasteiger partial charge in [-0.15, -0.1) is 0 Å². The van der Waals surface area contributed by atoms with Crippen molar-refractivity contribution in [1.29, 1.82) is 0 Å². The molecular weight excluding hydrogens is 240 g/mol. The molecule has 0 spiro atoms. The Morgan fingerprint density at radius 1 is 1.00 bits per heavy atom. The van der Waals surface area contributed by atoms with Crippen LogP contribution in [0.1, 0.15) is 36.0 Å². The van der Waals surface area contributed by atoms with Crippen molar-refractivity contribution in [3.63, 3.8) is 0 Å². The molecule has 0 aromatic heterocycles. The molecule has 0 unspecified atom stereocenters. The fourth-order valence-electron chi connectivity index (χ4n) is 3.44. The molecule has 4 nitrogen and oxygen atoms in total. The predicted octanol–water partition coefficient (Wildman–Crippen LogP) is 1.88. The Bertz CT molecular complexity index is 486. The van der Waals surface area contributed by atoms with Gasteiger partial charge in [0.15, 0.2) is 0 Å². The van der Waals surface area contributed by atoms with Crippen LogP contribution in [0.3, 0.4) is 0 Å². The summed E-state index contributed by atoms with van der Waals surface area (Å²) in [7, 11) is 0. The molecular formula is C15H18N2O2. The summed E-state index contributed by atoms with van der Waals surface area (Å²) >= 11 is 0. The number of fused-ring (bicyclic) bond motifs is 2. The smallest absolute Gasteiger partial charge is 0.269 e. The maximum absolute atomic E-state index is 12.0. The molecule has 2 aliphatic rings. The van der Waals surface area contributed by atoms with E-state index < -0.39 is 0 Å². The number of carbonyl (C=O) groups excluding carboxylic acids is 2. The van der Waals surface area contributed by atoms with E-state index in [2.05, 4.69) is 10.9 Å². The zero-order valence-corrected chi connectivity index (χ0v) is 10.8. The molecule has 2 N–H and O–H groups in total. The molecule has 100 valence electrons. The Labute approximate surface area is 112 Å². The summed E-state index contributed by atoms with van der Waals surface area (Å²) in [6.45, 7) is 0. The van der Waals surface area contributed by atoms with Crippen molar-refractivity contribution in [2.45, 2.75) is 25.7 Å². The molecule has 2 fully saturated rings. The van der Waals surface area contributed by atoms with Crippen molar-refractivity contribution < 1.29 is 9.59 Å². The highest BCUT2D eigenvalue weighted by atomic mass is 16.2. The van der Waals surface area contributed by atoms with Gasteiger partial charge in [0.25, 0.3) is 5.91 Å². The molecule has 3 atom stereocenters. The third-order valence-electron chi connectivity index (χ3n) is 4.41. The Morgan fingerprint density at radius 3 is 2.42 bits per heavy atom. The maximum Gasteiger partial charge on any atom is 0.269 e. The van der Waals surface area contributed by atoms with Crippen LogP contribution >= 0.6 is 0 Å². The highest BCUT2D eigenvalue weighted by molar-refractivity contribution is 5.95. The van der Waals surface area contributed by atoms with E-state index in [0.29, 0.717) is 11.5 Å². The van der Waals surface area contributed by atoms with Crippen LogP contribution in [0, 0.1) is 17.8 Å². The summed E-state index contributed by atoms with van der Waals surface area (Å²) in [6.07, 6.45) is 4.60. The monoisotopic (exact) mass is 258 g/mol. The van der Waals surface area contributed by atoms with Crippen molar-refractivity contribution in [2.75, 3.05) is 0 Å². The Kier molecular flexibility index (Phi) is 3.23. The van der Waals surface area contributed by atoms with Gasteiger partial charge < -0.3 is 0 Å². The summed E-state index contributed by atoms with van der Waals surface area (Å²) in [5.41, 5.74) is 5.62. The highest BCUT2D eigenvalue weighted by Gasteiger charge is 2.43. The molecule has 19 heavy (non-hydrogen) atoms. The van der Waals surface area contributed by atoms with E-state index in [1.165, 1.54) is 12.8 Å². The number of nitrogens with one attached hydrogen (secondary N) is 2. The second-order valence-electron chi connectivity index (χ2n) is 5.59. The molecule has 2 aliphatic carbocycles. The Balaban J connectivity index is 1.52. The fraction of sp³-hybridized carbons (Fsp3) is 0.467. The van der Waals surface area contributed by atoms with Crippen LogP contribution in [0.2, 0.25) is 0 Å². The van der Waals surface area contributed by atoms with Gasteiger partial charge in [-0.05, 0) is 43.2 Å². The van der Waals surface area contributed by atoms with Gasteiger partial charge in [-0.2, -0.15) is 0 Å². The second-order valence-corrected chi connectivity index (χ2v) is 5.59. The lowest BCUT2D eigenvalue weighted by Crippen LogP contribution is -2.45. The van der Waals surface area contributed by atoms with Gasteiger partial charge in [-0.3, -0.25) is 20.4 Å². The minimum absolute atomic E-state index is 0.0310. The number of hydrogen-bond acceptors (Lipinski definition) is 2. The largest absolute Gasteiger partial charge is 0.273 e. The average Bonchev–Trinajstić information content (AvgIpc) is 3.08. The molecule has 1 aromatic rings. The van der Waals surface area contributed by atoms with E-state index in [0.717, 1.165) is 18.8 Å². The van der Waals surface area contributed by atoms with Gasteiger partial charge in [0.1, 0.15) is 0 Å². The van der Waals surface area contributed by atoms with Crippen LogP contribution in [-0.2, 0) is 4.79 Å². The average molecular weight is 258 g/mol. The Hall–Kier alpha value is -1.84. The van der Waals surface area contributed by atoms with Gasteiger partial charge in [0, 0.05) is 11.5 Å². The first-order valence-electron chi connectivity index (χ1n) is 6.89. The first-order valence-corrected chi connectivity index (χ1v) is 6.89. The molecule has 2 saturated carbocycles. The van der Waals surface area contributed by atoms with Crippen molar-refractivity contribution in [3.8, 4) is 0 Å². The standard InChI is InChI=1S/C15H18N2O2/c18-14(11-4-2-1-3-5-11)16-17-15(19)13-9-10-6-7-12(13)8-10/h1-5,10,12-13H,6-9H2,(H,16,18)(H,17,19)/t10-,12-,13-/m0/s1. The molecule has 0 aliphatic heterocycles. The van der Waals surface area contributed by atoms with Crippen molar-refractivity contribution >= 4 is 11.8 Å². The molecule has 0 heterocycles. The number of benzene rings is 1. The minimum atomic E-state index is -0.267. The van der Waals surface area contributed by atoms with E-state index >= 15 is 0 Å². The molecule has 3 rings (SSSR count). The van der Waals surface area contributed by atoms with E-state index in [1.54, 1.807) is 24.3 Å². The third-order valence-corrected chi connectivity index (χ3v) is 4.41. The summed E-state index contributed by atoms with van der Waals surface area (Å²) in [5.74, 6) is 1.05. The zero-order valence-electron chi connectivity index (χ0n) is 10.8. The van der Waals surface area contributed by atoms with E-state index in [1.807, 2.05) is 6.07 Å². The van der Waals surface area contributed by atoms with Crippen LogP contribution in [-0.4, -0.2) is 11.8 Å². The van der Waals surface area contributed by atoms with Crippen molar-refractivity contribution in [2.24, 2.45) is 17.8 Å². The van der Waals surface area contributed by atoms with Crippen LogP contribution in [0.4, 0.5) is 0 Å². The molecule has 4 heteroatoms. The number of hydrazine groups is 1. The van der Waals surface area contributed by atoms with Crippen LogP contribution in [0.15, 0.2) is 30.3 Å². The van der Waals surface area contributed by atoms with Gasteiger partial charge in [-0.1, -0.05) is 24.6 Å². The van der Waals surface area contributed by atoms with Crippen molar-refractivity contribution in [3.05, 3.63) is 35.9 Å². The normalized spacial score (nSPS) is 28.1. The third kappa shape index (κ3) is 2.48. The van der Waals surface area contributed by atoms with Crippen LogP contribution in [0.5, 0.6) is 0 Å². The summed E-state index contributed by atoms with van der Waals surface area (Å²) in [5, 5.41) is 0. The van der Waals surface area contributed by atoms with E-state index in [9.17, 15) is 9.59 Å². The number of rotatable bonds is 2. The predicted molar refractivity (Wildman–Crippen MR) is 71.0 cm³/mol. The lowest BCUT2D eigenvalue weighted by atomic mass is 9.88. The molecule has 1 aromatic carbocycles. The van der Waals surface area contributed by atoms with Crippen molar-refractivity contribution in [1.82, 2.24) is 10.9 Å². The molecule has 0 saturated heterocycles. The van der Waals surface area contributed by atoms with Gasteiger partial charge >= 0.3 is 0 Å². The SMILES string of the molecule is O=C(NNC(=O)[C@H]1C[C@H]2CC[C@H]1C2)c1ccccc1. The first-order chi connectivity index (χ1) is 9.24. The van der Waals surface area contributed by atoms with Crippen LogP contribution in [0.25, 0.3) is 0 Å². The summed E-state index contributed by atoms with van der Waals surface area (Å²) < 4.78 is 0. The number of carbonyl (C=O) groups is 2. The second kappa shape index (κ2) is 5.03.